The third kappa shape index (κ3) is 2.67. The lowest BCUT2D eigenvalue weighted by molar-refractivity contribution is 0.0967. The number of Topliss-reactive ketones (excluding diaryl/α,β-unsaturated/α-hetero) is 1. The van der Waals surface area contributed by atoms with Crippen molar-refractivity contribution in [3.8, 4) is 5.75 Å². The first-order valence-electron chi connectivity index (χ1n) is 6.53. The monoisotopic (exact) mass is 256 g/mol. The van der Waals surface area contributed by atoms with Crippen LogP contribution in [-0.2, 0) is 0 Å². The van der Waals surface area contributed by atoms with Gasteiger partial charge < -0.3 is 9.72 Å². The summed E-state index contributed by atoms with van der Waals surface area (Å²) in [6.07, 6.45) is 5.40. The summed E-state index contributed by atoms with van der Waals surface area (Å²) < 4.78 is 5.78. The van der Waals surface area contributed by atoms with Gasteiger partial charge in [0.1, 0.15) is 11.9 Å². The van der Waals surface area contributed by atoms with Crippen LogP contribution in [-0.4, -0.2) is 15.8 Å². The third-order valence-electron chi connectivity index (χ3n) is 3.34. The molecule has 4 nitrogen and oxygen atoms in total. The van der Waals surface area contributed by atoms with Crippen LogP contribution in [0.1, 0.15) is 41.9 Å². The van der Waals surface area contributed by atoms with E-state index in [1.807, 2.05) is 37.4 Å². The van der Waals surface area contributed by atoms with Crippen molar-refractivity contribution in [1.82, 2.24) is 9.97 Å². The first kappa shape index (κ1) is 12.0. The maximum atomic E-state index is 11.9. The zero-order valence-electron chi connectivity index (χ0n) is 10.8. The van der Waals surface area contributed by atoms with Crippen LogP contribution in [0.3, 0.4) is 0 Å². The molecule has 0 saturated heterocycles. The molecule has 1 N–H and O–H groups in total. The number of H-pyrrole nitrogens is 1. The fourth-order valence-electron chi connectivity index (χ4n) is 2.04. The SMILES string of the molecule is CC(Oc1ccc(C(=O)C2CC2)cc1)c1c[nH]cn1. The van der Waals surface area contributed by atoms with E-state index in [4.69, 9.17) is 4.74 Å². The van der Waals surface area contributed by atoms with E-state index in [0.717, 1.165) is 29.8 Å². The van der Waals surface area contributed by atoms with Crippen molar-refractivity contribution in [2.75, 3.05) is 0 Å². The van der Waals surface area contributed by atoms with Crippen LogP contribution in [0.4, 0.5) is 0 Å². The quantitative estimate of drug-likeness (QED) is 0.836. The van der Waals surface area contributed by atoms with Crippen LogP contribution in [0.5, 0.6) is 5.75 Å². The molecule has 1 atom stereocenters. The smallest absolute Gasteiger partial charge is 0.165 e. The molecule has 1 aliphatic carbocycles. The average Bonchev–Trinajstić information content (AvgIpc) is 3.13. The van der Waals surface area contributed by atoms with E-state index >= 15 is 0 Å². The second-order valence-electron chi connectivity index (χ2n) is 4.92. The molecule has 1 fully saturated rings. The van der Waals surface area contributed by atoms with E-state index in [9.17, 15) is 4.79 Å². The largest absolute Gasteiger partial charge is 0.484 e. The maximum Gasteiger partial charge on any atom is 0.165 e. The zero-order valence-corrected chi connectivity index (χ0v) is 10.8. The van der Waals surface area contributed by atoms with Crippen molar-refractivity contribution in [2.45, 2.75) is 25.9 Å². The minimum Gasteiger partial charge on any atom is -0.484 e. The molecule has 0 radical (unpaired) electrons. The number of aromatic amines is 1. The van der Waals surface area contributed by atoms with E-state index in [0.29, 0.717) is 0 Å². The highest BCUT2D eigenvalue weighted by molar-refractivity contribution is 5.99. The van der Waals surface area contributed by atoms with Gasteiger partial charge in [-0.15, -0.1) is 0 Å². The van der Waals surface area contributed by atoms with Crippen LogP contribution in [0, 0.1) is 5.92 Å². The highest BCUT2D eigenvalue weighted by Gasteiger charge is 2.30. The zero-order chi connectivity index (χ0) is 13.2. The molecule has 3 rings (SSSR count). The Morgan fingerprint density at radius 2 is 2.11 bits per heavy atom. The van der Waals surface area contributed by atoms with Gasteiger partial charge in [-0.25, -0.2) is 4.98 Å². The molecule has 4 heteroatoms. The Labute approximate surface area is 111 Å². The van der Waals surface area contributed by atoms with Gasteiger partial charge in [-0.2, -0.15) is 0 Å². The van der Waals surface area contributed by atoms with Gasteiger partial charge in [0, 0.05) is 17.7 Å². The van der Waals surface area contributed by atoms with Gasteiger partial charge in [-0.3, -0.25) is 4.79 Å². The lowest BCUT2D eigenvalue weighted by Gasteiger charge is -2.12. The summed E-state index contributed by atoms with van der Waals surface area (Å²) in [5.74, 6) is 1.27. The van der Waals surface area contributed by atoms with Crippen LogP contribution in [0.25, 0.3) is 0 Å². The molecule has 1 saturated carbocycles. The Hall–Kier alpha value is -2.10. The molecule has 0 aliphatic heterocycles. The Morgan fingerprint density at radius 1 is 1.37 bits per heavy atom. The Bertz CT molecular complexity index is 556. The van der Waals surface area contributed by atoms with Gasteiger partial charge in [-0.05, 0) is 44.0 Å². The number of nitrogens with zero attached hydrogens (tertiary/aromatic N) is 1. The summed E-state index contributed by atoms with van der Waals surface area (Å²) in [4.78, 5) is 18.9. The molecule has 1 aromatic carbocycles. The predicted octanol–water partition coefficient (Wildman–Crippen LogP) is 3.14. The van der Waals surface area contributed by atoms with E-state index in [1.54, 1.807) is 6.33 Å². The van der Waals surface area contributed by atoms with Crippen LogP contribution in [0.15, 0.2) is 36.8 Å². The van der Waals surface area contributed by atoms with E-state index in [1.165, 1.54) is 0 Å². The van der Waals surface area contributed by atoms with Gasteiger partial charge in [0.05, 0.1) is 12.0 Å². The van der Waals surface area contributed by atoms with E-state index in [2.05, 4.69) is 9.97 Å². The number of nitrogens with one attached hydrogen (secondary N) is 1. The summed E-state index contributed by atoms with van der Waals surface area (Å²) in [5, 5.41) is 0. The molecule has 2 aromatic rings. The Kier molecular flexibility index (Phi) is 3.07. The van der Waals surface area contributed by atoms with Gasteiger partial charge in [0.2, 0.25) is 0 Å². The number of imidazole rings is 1. The summed E-state index contributed by atoms with van der Waals surface area (Å²) >= 11 is 0. The summed E-state index contributed by atoms with van der Waals surface area (Å²) in [6, 6.07) is 7.37. The second kappa shape index (κ2) is 4.88. The number of rotatable bonds is 5. The summed E-state index contributed by atoms with van der Waals surface area (Å²) in [7, 11) is 0. The van der Waals surface area contributed by atoms with Crippen molar-refractivity contribution in [3.63, 3.8) is 0 Å². The lowest BCUT2D eigenvalue weighted by Crippen LogP contribution is -2.04. The number of carbonyl (C=O) groups excluding carboxylic acids is 1. The Morgan fingerprint density at radius 3 is 2.68 bits per heavy atom. The van der Waals surface area contributed by atoms with Crippen molar-refractivity contribution in [3.05, 3.63) is 48.0 Å². The maximum absolute atomic E-state index is 11.9. The van der Waals surface area contributed by atoms with Crippen LogP contribution < -0.4 is 4.74 Å². The van der Waals surface area contributed by atoms with Crippen LogP contribution >= 0.6 is 0 Å². The number of aromatic nitrogens is 2. The molecule has 0 spiro atoms. The second-order valence-corrected chi connectivity index (χ2v) is 4.92. The molecular weight excluding hydrogens is 240 g/mol. The molecule has 0 amide bonds. The molecule has 1 aliphatic rings. The molecular formula is C15H16N2O2. The standard InChI is InChI=1S/C15H16N2O2/c1-10(14-8-16-9-17-14)19-13-6-4-12(5-7-13)15(18)11-2-3-11/h4-11H,2-3H2,1H3,(H,16,17). The van der Waals surface area contributed by atoms with Crippen LogP contribution in [0.2, 0.25) is 0 Å². The first-order chi connectivity index (χ1) is 9.24. The first-order valence-corrected chi connectivity index (χ1v) is 6.53. The molecule has 0 bridgehead atoms. The van der Waals surface area contributed by atoms with Gasteiger partial charge >= 0.3 is 0 Å². The third-order valence-corrected chi connectivity index (χ3v) is 3.34. The number of hydrogen-bond donors (Lipinski definition) is 1. The molecule has 1 aromatic heterocycles. The fourth-order valence-corrected chi connectivity index (χ4v) is 2.04. The van der Waals surface area contributed by atoms with Gasteiger partial charge in [0.15, 0.2) is 5.78 Å². The van der Waals surface area contributed by atoms with Crippen molar-refractivity contribution in [2.24, 2.45) is 5.92 Å². The number of hydrogen-bond acceptors (Lipinski definition) is 3. The molecule has 1 heterocycles. The number of ether oxygens (including phenoxy) is 1. The number of benzene rings is 1. The topological polar surface area (TPSA) is 55.0 Å². The molecule has 98 valence electrons. The highest BCUT2D eigenvalue weighted by Crippen LogP contribution is 2.33. The summed E-state index contributed by atoms with van der Waals surface area (Å²) in [6.45, 7) is 1.94. The van der Waals surface area contributed by atoms with Crippen molar-refractivity contribution < 1.29 is 9.53 Å². The minimum atomic E-state index is -0.115. The van der Waals surface area contributed by atoms with Gasteiger partial charge in [-0.1, -0.05) is 0 Å². The molecule has 19 heavy (non-hydrogen) atoms. The fraction of sp³-hybridized carbons (Fsp3) is 0.333. The van der Waals surface area contributed by atoms with Gasteiger partial charge in [0.25, 0.3) is 0 Å². The number of carbonyl (C=O) groups is 1. The average molecular weight is 256 g/mol. The predicted molar refractivity (Wildman–Crippen MR) is 71.1 cm³/mol. The molecule has 1 unspecified atom stereocenters. The lowest BCUT2D eigenvalue weighted by atomic mass is 10.1. The normalized spacial score (nSPS) is 16.1. The Balaban J connectivity index is 1.67. The van der Waals surface area contributed by atoms with E-state index < -0.39 is 0 Å². The summed E-state index contributed by atoms with van der Waals surface area (Å²) in [5.41, 5.74) is 1.64. The highest BCUT2D eigenvalue weighted by atomic mass is 16.5. The van der Waals surface area contributed by atoms with Crippen molar-refractivity contribution in [1.29, 1.82) is 0 Å². The number of ketones is 1. The van der Waals surface area contributed by atoms with Crippen molar-refractivity contribution >= 4 is 5.78 Å². The minimum absolute atomic E-state index is 0.115. The van der Waals surface area contributed by atoms with E-state index in [-0.39, 0.29) is 17.8 Å².